The van der Waals surface area contributed by atoms with Crippen molar-refractivity contribution in [1.29, 1.82) is 0 Å². The first-order chi connectivity index (χ1) is 11.5. The van der Waals surface area contributed by atoms with Gasteiger partial charge in [-0.05, 0) is 12.1 Å². The molecule has 8 nitrogen and oxygen atoms in total. The van der Waals surface area contributed by atoms with Gasteiger partial charge in [-0.3, -0.25) is 23.9 Å². The van der Waals surface area contributed by atoms with Crippen molar-refractivity contribution in [1.82, 2.24) is 9.55 Å². The zero-order chi connectivity index (χ0) is 17.5. The first kappa shape index (κ1) is 17.1. The van der Waals surface area contributed by atoms with Crippen LogP contribution in [-0.2, 0) is 21.1 Å². The van der Waals surface area contributed by atoms with Gasteiger partial charge >= 0.3 is 11.7 Å². The highest BCUT2D eigenvalue weighted by molar-refractivity contribution is 5.92. The van der Waals surface area contributed by atoms with Crippen LogP contribution in [0.15, 0.2) is 46.1 Å². The van der Waals surface area contributed by atoms with Gasteiger partial charge in [-0.15, -0.1) is 0 Å². The van der Waals surface area contributed by atoms with E-state index in [0.717, 1.165) is 0 Å². The van der Waals surface area contributed by atoms with Gasteiger partial charge in [-0.1, -0.05) is 18.2 Å². The average molecular weight is 335 g/mol. The molecule has 0 atom stereocenters. The summed E-state index contributed by atoms with van der Waals surface area (Å²) in [5, 5.41) is 2.60. The molecule has 1 aromatic carbocycles. The summed E-state index contributed by atoms with van der Waals surface area (Å²) in [4.78, 5) is 47.2. The highest BCUT2D eigenvalue weighted by Gasteiger charge is 2.10. The third kappa shape index (κ3) is 4.90. The van der Waals surface area contributed by atoms with E-state index in [0.29, 0.717) is 16.5 Å². The molecule has 24 heavy (non-hydrogen) atoms. The average Bonchev–Trinajstić information content (AvgIpc) is 2.56. The number of benzene rings is 1. The van der Waals surface area contributed by atoms with Crippen LogP contribution in [0.3, 0.4) is 0 Å². The molecule has 1 heterocycles. The Morgan fingerprint density at radius 1 is 1.17 bits per heavy atom. The molecular formula is C15H14FN3O5. The van der Waals surface area contributed by atoms with E-state index in [-0.39, 0.29) is 18.7 Å². The fourth-order valence-electron chi connectivity index (χ4n) is 1.75. The highest BCUT2D eigenvalue weighted by Crippen LogP contribution is 2.06. The van der Waals surface area contributed by atoms with Crippen molar-refractivity contribution < 1.29 is 18.7 Å². The molecule has 0 spiro atoms. The molecule has 0 aliphatic rings. The number of rotatable bonds is 6. The Kier molecular flexibility index (Phi) is 5.61. The van der Waals surface area contributed by atoms with Crippen molar-refractivity contribution in [2.24, 2.45) is 0 Å². The van der Waals surface area contributed by atoms with E-state index < -0.39 is 29.8 Å². The maximum atomic E-state index is 13.0. The third-order valence-corrected chi connectivity index (χ3v) is 2.95. The van der Waals surface area contributed by atoms with Gasteiger partial charge in [-0.25, -0.2) is 4.79 Å². The standard InChI is InChI=1S/C15H14FN3O5/c16-11-8-19(15(23)18-14(11)22)9-24-13(21)7-6-12(20)17-10-4-2-1-3-5-10/h1-5,8H,6-7,9H2,(H,17,20)(H,18,22,23). The van der Waals surface area contributed by atoms with Crippen molar-refractivity contribution >= 4 is 17.6 Å². The smallest absolute Gasteiger partial charge is 0.331 e. The van der Waals surface area contributed by atoms with E-state index in [9.17, 15) is 23.6 Å². The number of carbonyl (C=O) groups excluding carboxylic acids is 2. The Bertz CT molecular complexity index is 844. The van der Waals surface area contributed by atoms with Gasteiger partial charge < -0.3 is 10.1 Å². The lowest BCUT2D eigenvalue weighted by atomic mass is 10.2. The molecule has 0 fully saturated rings. The Hall–Kier alpha value is -3.23. The monoisotopic (exact) mass is 335 g/mol. The summed E-state index contributed by atoms with van der Waals surface area (Å²) in [6.45, 7) is -0.564. The molecule has 0 aliphatic heterocycles. The molecule has 0 saturated carbocycles. The minimum absolute atomic E-state index is 0.109. The van der Waals surface area contributed by atoms with Gasteiger partial charge in [0.1, 0.15) is 0 Å². The zero-order valence-corrected chi connectivity index (χ0v) is 12.5. The number of aromatic amines is 1. The summed E-state index contributed by atoms with van der Waals surface area (Å²) in [5.41, 5.74) is -1.46. The summed E-state index contributed by atoms with van der Waals surface area (Å²) >= 11 is 0. The molecule has 2 aromatic rings. The number of esters is 1. The number of para-hydroxylation sites is 1. The van der Waals surface area contributed by atoms with E-state index in [4.69, 9.17) is 4.74 Å². The van der Waals surface area contributed by atoms with Crippen molar-refractivity contribution in [3.8, 4) is 0 Å². The normalized spacial score (nSPS) is 10.2. The van der Waals surface area contributed by atoms with Crippen LogP contribution in [0.1, 0.15) is 12.8 Å². The van der Waals surface area contributed by atoms with Gasteiger partial charge in [0, 0.05) is 12.1 Å². The maximum absolute atomic E-state index is 13.0. The summed E-state index contributed by atoms with van der Waals surface area (Å²) in [6.07, 6.45) is 0.318. The molecule has 126 valence electrons. The molecule has 0 unspecified atom stereocenters. The number of nitrogens with one attached hydrogen (secondary N) is 2. The number of aromatic nitrogens is 2. The number of anilines is 1. The number of amides is 1. The van der Waals surface area contributed by atoms with Gasteiger partial charge in [0.05, 0.1) is 12.6 Å². The number of H-pyrrole nitrogens is 1. The minimum Gasteiger partial charge on any atom is -0.444 e. The SMILES string of the molecule is O=C(CCC(=O)OCn1cc(F)c(=O)[nH]c1=O)Nc1ccccc1. The fourth-order valence-corrected chi connectivity index (χ4v) is 1.75. The van der Waals surface area contributed by atoms with Crippen LogP contribution in [-0.4, -0.2) is 21.4 Å². The van der Waals surface area contributed by atoms with Crippen LogP contribution < -0.4 is 16.6 Å². The zero-order valence-electron chi connectivity index (χ0n) is 12.5. The van der Waals surface area contributed by atoms with Crippen LogP contribution in [0.2, 0.25) is 0 Å². The van der Waals surface area contributed by atoms with Crippen molar-refractivity contribution in [2.75, 3.05) is 5.32 Å². The van der Waals surface area contributed by atoms with Crippen LogP contribution in [0.4, 0.5) is 10.1 Å². The van der Waals surface area contributed by atoms with Crippen LogP contribution in [0.25, 0.3) is 0 Å². The van der Waals surface area contributed by atoms with Crippen molar-refractivity contribution in [3.63, 3.8) is 0 Å². The van der Waals surface area contributed by atoms with Crippen molar-refractivity contribution in [2.45, 2.75) is 19.6 Å². The van der Waals surface area contributed by atoms with E-state index >= 15 is 0 Å². The Balaban J connectivity index is 1.79. The summed E-state index contributed by atoms with van der Waals surface area (Å²) < 4.78 is 18.5. The first-order valence-corrected chi connectivity index (χ1v) is 6.95. The Labute approximate surface area is 134 Å². The second-order valence-corrected chi connectivity index (χ2v) is 4.77. The Morgan fingerprint density at radius 3 is 2.58 bits per heavy atom. The highest BCUT2D eigenvalue weighted by atomic mass is 19.1. The molecule has 0 saturated heterocycles. The molecule has 0 aliphatic carbocycles. The topological polar surface area (TPSA) is 110 Å². The second-order valence-electron chi connectivity index (χ2n) is 4.77. The van der Waals surface area contributed by atoms with E-state index in [2.05, 4.69) is 5.32 Å². The number of carbonyl (C=O) groups is 2. The van der Waals surface area contributed by atoms with Crippen LogP contribution >= 0.6 is 0 Å². The quantitative estimate of drug-likeness (QED) is 0.751. The minimum atomic E-state index is -1.17. The van der Waals surface area contributed by atoms with Gasteiger partial charge in [0.25, 0.3) is 5.56 Å². The number of nitrogens with zero attached hydrogens (tertiary/aromatic N) is 1. The summed E-state index contributed by atoms with van der Waals surface area (Å²) in [6, 6.07) is 8.71. The number of ether oxygens (including phenoxy) is 1. The van der Waals surface area contributed by atoms with Crippen molar-refractivity contribution in [3.05, 3.63) is 63.2 Å². The lowest BCUT2D eigenvalue weighted by Gasteiger charge is -2.07. The largest absolute Gasteiger partial charge is 0.444 e. The van der Waals surface area contributed by atoms with Crippen LogP contribution in [0.5, 0.6) is 0 Å². The summed E-state index contributed by atoms with van der Waals surface area (Å²) in [5.74, 6) is -2.28. The van der Waals surface area contributed by atoms with Gasteiger partial charge in [-0.2, -0.15) is 4.39 Å². The van der Waals surface area contributed by atoms with E-state index in [1.165, 1.54) is 0 Å². The second kappa shape index (κ2) is 7.86. The maximum Gasteiger partial charge on any atom is 0.331 e. The van der Waals surface area contributed by atoms with Gasteiger partial charge in [0.15, 0.2) is 6.73 Å². The lowest BCUT2D eigenvalue weighted by Crippen LogP contribution is -2.32. The molecular weight excluding hydrogens is 321 g/mol. The molecule has 1 aromatic heterocycles. The van der Waals surface area contributed by atoms with E-state index in [1.807, 2.05) is 0 Å². The molecule has 0 radical (unpaired) electrons. The predicted octanol–water partition coefficient (Wildman–Crippen LogP) is 0.595. The molecule has 2 rings (SSSR count). The Morgan fingerprint density at radius 2 is 1.88 bits per heavy atom. The lowest BCUT2D eigenvalue weighted by molar-refractivity contribution is -0.148. The number of hydrogen-bond acceptors (Lipinski definition) is 5. The van der Waals surface area contributed by atoms with E-state index in [1.54, 1.807) is 35.3 Å². The molecule has 1 amide bonds. The first-order valence-electron chi connectivity index (χ1n) is 6.95. The fraction of sp³-hybridized carbons (Fsp3) is 0.200. The van der Waals surface area contributed by atoms with Crippen LogP contribution in [0, 0.1) is 5.82 Å². The number of halogens is 1. The molecule has 0 bridgehead atoms. The van der Waals surface area contributed by atoms with Gasteiger partial charge in [0.2, 0.25) is 11.7 Å². The predicted molar refractivity (Wildman–Crippen MR) is 81.7 cm³/mol. The molecule has 2 N–H and O–H groups in total. The summed E-state index contributed by atoms with van der Waals surface area (Å²) in [7, 11) is 0. The third-order valence-electron chi connectivity index (χ3n) is 2.95. The molecule has 9 heteroatoms. The number of hydrogen-bond donors (Lipinski definition) is 2.